The minimum absolute atomic E-state index is 0.0131. The Kier molecular flexibility index (Phi) is 5.96. The summed E-state index contributed by atoms with van der Waals surface area (Å²) in [5.41, 5.74) is 2.30. The predicted molar refractivity (Wildman–Crippen MR) is 107 cm³/mol. The van der Waals surface area contributed by atoms with Gasteiger partial charge in [-0.25, -0.2) is 0 Å². The number of aromatic nitrogens is 3. The fourth-order valence-corrected chi connectivity index (χ4v) is 3.15. The number of fused-ring (bicyclic) bond motifs is 1. The zero-order valence-electron chi connectivity index (χ0n) is 15.4. The van der Waals surface area contributed by atoms with Crippen LogP contribution >= 0.6 is 11.6 Å². The summed E-state index contributed by atoms with van der Waals surface area (Å²) in [6.07, 6.45) is 3.76. The van der Waals surface area contributed by atoms with Gasteiger partial charge in [-0.1, -0.05) is 38.3 Å². The molecule has 0 radical (unpaired) electrons. The van der Waals surface area contributed by atoms with Gasteiger partial charge >= 0.3 is 0 Å². The van der Waals surface area contributed by atoms with E-state index in [1.54, 1.807) is 30.3 Å². The number of phenols is 1. The number of carbonyl (C=O) groups excluding carboxylic acids is 1. The zero-order valence-corrected chi connectivity index (χ0v) is 16.2. The topological polar surface area (TPSA) is 80.0 Å². The van der Waals surface area contributed by atoms with Crippen molar-refractivity contribution in [2.24, 2.45) is 5.92 Å². The number of phenolic OH excluding ortho intramolecular Hbond substituents is 1. The number of nitrogens with one attached hydrogen (secondary N) is 1. The summed E-state index contributed by atoms with van der Waals surface area (Å²) in [6, 6.07) is 10.2. The number of nitrogens with zero attached hydrogens (tertiary/aromatic N) is 3. The lowest BCUT2D eigenvalue weighted by Crippen LogP contribution is -2.22. The quantitative estimate of drug-likeness (QED) is 0.603. The van der Waals surface area contributed by atoms with Crippen LogP contribution < -0.4 is 5.32 Å². The molecule has 1 aromatic heterocycles. The molecule has 3 rings (SSSR count). The van der Waals surface area contributed by atoms with Crippen LogP contribution in [0.5, 0.6) is 5.75 Å². The van der Waals surface area contributed by atoms with Gasteiger partial charge < -0.3 is 10.4 Å². The van der Waals surface area contributed by atoms with Crippen molar-refractivity contribution in [1.29, 1.82) is 0 Å². The van der Waals surface area contributed by atoms with E-state index in [0.29, 0.717) is 27.4 Å². The van der Waals surface area contributed by atoms with E-state index in [4.69, 9.17) is 11.6 Å². The van der Waals surface area contributed by atoms with Crippen molar-refractivity contribution in [1.82, 2.24) is 15.0 Å². The summed E-state index contributed by atoms with van der Waals surface area (Å²) >= 11 is 5.98. The standard InChI is InChI=1S/C20H23ClN4O2/c1-3-5-6-13(4-2)20(27)22-15-8-10-18(19(26)12-15)25-23-16-9-7-14(21)11-17(16)24-25/h7-13,26H,3-6H2,1-2H3,(H,22,27). The fraction of sp³-hybridized carbons (Fsp3) is 0.350. The number of anilines is 1. The maximum absolute atomic E-state index is 12.4. The van der Waals surface area contributed by atoms with Crippen LogP contribution in [0.2, 0.25) is 5.02 Å². The minimum atomic E-state index is -0.0189. The molecule has 0 saturated heterocycles. The number of unbranched alkanes of at least 4 members (excludes halogenated alkanes) is 1. The summed E-state index contributed by atoms with van der Waals surface area (Å²) < 4.78 is 0. The van der Waals surface area contributed by atoms with E-state index >= 15 is 0 Å². The van der Waals surface area contributed by atoms with Gasteiger partial charge in [0.25, 0.3) is 0 Å². The summed E-state index contributed by atoms with van der Waals surface area (Å²) in [6.45, 7) is 4.13. The predicted octanol–water partition coefficient (Wildman–Crippen LogP) is 4.93. The van der Waals surface area contributed by atoms with Gasteiger partial charge in [-0.15, -0.1) is 15.0 Å². The number of carbonyl (C=O) groups is 1. The molecule has 0 spiro atoms. The van der Waals surface area contributed by atoms with Crippen LogP contribution in [-0.4, -0.2) is 26.0 Å². The number of benzene rings is 2. The van der Waals surface area contributed by atoms with E-state index in [1.165, 1.54) is 10.9 Å². The molecule has 3 aromatic rings. The maximum atomic E-state index is 12.4. The number of amides is 1. The van der Waals surface area contributed by atoms with Gasteiger partial charge in [-0.05, 0) is 43.2 Å². The smallest absolute Gasteiger partial charge is 0.227 e. The molecule has 0 aliphatic heterocycles. The second-order valence-electron chi connectivity index (χ2n) is 6.56. The van der Waals surface area contributed by atoms with Crippen molar-refractivity contribution in [3.8, 4) is 11.4 Å². The Hall–Kier alpha value is -2.60. The van der Waals surface area contributed by atoms with Crippen LogP contribution in [0.3, 0.4) is 0 Å². The molecule has 0 saturated carbocycles. The highest BCUT2D eigenvalue weighted by atomic mass is 35.5. The maximum Gasteiger partial charge on any atom is 0.227 e. The second kappa shape index (κ2) is 8.39. The van der Waals surface area contributed by atoms with E-state index in [0.717, 1.165) is 25.7 Å². The number of aromatic hydroxyl groups is 1. The molecule has 1 atom stereocenters. The first-order chi connectivity index (χ1) is 13.0. The third-order valence-corrected chi connectivity index (χ3v) is 4.81. The zero-order chi connectivity index (χ0) is 19.4. The summed E-state index contributed by atoms with van der Waals surface area (Å²) in [7, 11) is 0. The molecule has 27 heavy (non-hydrogen) atoms. The number of hydrogen-bond acceptors (Lipinski definition) is 4. The van der Waals surface area contributed by atoms with Crippen LogP contribution in [0.1, 0.15) is 39.5 Å². The van der Waals surface area contributed by atoms with Crippen molar-refractivity contribution in [2.45, 2.75) is 39.5 Å². The van der Waals surface area contributed by atoms with Gasteiger partial charge in [-0.2, -0.15) is 0 Å². The summed E-state index contributed by atoms with van der Waals surface area (Å²) in [4.78, 5) is 13.8. The van der Waals surface area contributed by atoms with E-state index in [1.807, 2.05) is 6.92 Å². The Bertz CT molecular complexity index is 954. The number of rotatable bonds is 7. The lowest BCUT2D eigenvalue weighted by atomic mass is 9.98. The SMILES string of the molecule is CCCCC(CC)C(=O)Nc1ccc(-n2nc3ccc(Cl)cc3n2)c(O)c1. The van der Waals surface area contributed by atoms with E-state index in [-0.39, 0.29) is 17.6 Å². The molecule has 1 heterocycles. The van der Waals surface area contributed by atoms with E-state index in [2.05, 4.69) is 22.4 Å². The second-order valence-corrected chi connectivity index (χ2v) is 7.00. The fourth-order valence-electron chi connectivity index (χ4n) is 2.98. The highest BCUT2D eigenvalue weighted by Gasteiger charge is 2.17. The van der Waals surface area contributed by atoms with Crippen molar-refractivity contribution >= 4 is 34.2 Å². The Morgan fingerprint density at radius 2 is 1.96 bits per heavy atom. The first kappa shape index (κ1) is 19.2. The normalized spacial score (nSPS) is 12.3. The molecule has 142 valence electrons. The highest BCUT2D eigenvalue weighted by Crippen LogP contribution is 2.27. The first-order valence-corrected chi connectivity index (χ1v) is 9.56. The van der Waals surface area contributed by atoms with Crippen LogP contribution in [0.15, 0.2) is 36.4 Å². The Morgan fingerprint density at radius 1 is 1.19 bits per heavy atom. The number of hydrogen-bond donors (Lipinski definition) is 2. The van der Waals surface area contributed by atoms with Crippen molar-refractivity contribution < 1.29 is 9.90 Å². The average Bonchev–Trinajstić information content (AvgIpc) is 3.05. The molecule has 7 heteroatoms. The molecule has 0 aliphatic carbocycles. The molecular weight excluding hydrogens is 364 g/mol. The van der Waals surface area contributed by atoms with E-state index in [9.17, 15) is 9.90 Å². The summed E-state index contributed by atoms with van der Waals surface area (Å²) in [5, 5.41) is 22.6. The largest absolute Gasteiger partial charge is 0.506 e. The Balaban J connectivity index is 1.79. The Morgan fingerprint density at radius 3 is 2.67 bits per heavy atom. The third-order valence-electron chi connectivity index (χ3n) is 4.57. The molecule has 0 fully saturated rings. The van der Waals surface area contributed by atoms with Gasteiger partial charge in [0, 0.05) is 22.7 Å². The first-order valence-electron chi connectivity index (χ1n) is 9.18. The van der Waals surface area contributed by atoms with Gasteiger partial charge in [0.2, 0.25) is 5.91 Å². The molecular formula is C20H23ClN4O2. The van der Waals surface area contributed by atoms with Crippen LogP contribution in [-0.2, 0) is 4.79 Å². The molecule has 6 nitrogen and oxygen atoms in total. The molecule has 0 bridgehead atoms. The minimum Gasteiger partial charge on any atom is -0.506 e. The van der Waals surface area contributed by atoms with Gasteiger partial charge in [-0.3, -0.25) is 4.79 Å². The summed E-state index contributed by atoms with van der Waals surface area (Å²) in [5.74, 6) is -0.0499. The van der Waals surface area contributed by atoms with Crippen LogP contribution in [0, 0.1) is 5.92 Å². The third kappa shape index (κ3) is 4.39. The lowest BCUT2D eigenvalue weighted by molar-refractivity contribution is -0.120. The van der Waals surface area contributed by atoms with E-state index < -0.39 is 0 Å². The van der Waals surface area contributed by atoms with Gasteiger partial charge in [0.1, 0.15) is 22.5 Å². The molecule has 0 aliphatic rings. The van der Waals surface area contributed by atoms with Crippen LogP contribution in [0.4, 0.5) is 5.69 Å². The van der Waals surface area contributed by atoms with Crippen molar-refractivity contribution in [2.75, 3.05) is 5.32 Å². The Labute approximate surface area is 163 Å². The lowest BCUT2D eigenvalue weighted by Gasteiger charge is -2.15. The monoisotopic (exact) mass is 386 g/mol. The van der Waals surface area contributed by atoms with Crippen molar-refractivity contribution in [3.05, 3.63) is 41.4 Å². The molecule has 1 unspecified atom stereocenters. The van der Waals surface area contributed by atoms with Gasteiger partial charge in [0.05, 0.1) is 0 Å². The van der Waals surface area contributed by atoms with Gasteiger partial charge in [0.15, 0.2) is 0 Å². The number of halogens is 1. The highest BCUT2D eigenvalue weighted by molar-refractivity contribution is 6.31. The molecule has 2 aromatic carbocycles. The molecule has 2 N–H and O–H groups in total. The van der Waals surface area contributed by atoms with Crippen molar-refractivity contribution in [3.63, 3.8) is 0 Å². The molecule has 1 amide bonds. The van der Waals surface area contributed by atoms with Crippen LogP contribution in [0.25, 0.3) is 16.7 Å². The average molecular weight is 387 g/mol.